The number of Topliss-reactive ketones (excluding diaryl/α,β-unsaturated/α-hetero) is 2. The van der Waals surface area contributed by atoms with Crippen LogP contribution in [0.25, 0.3) is 0 Å². The molecule has 0 spiro atoms. The molecule has 0 amide bonds. The molecular formula is C15H24O2. The minimum atomic E-state index is 0.270. The first kappa shape index (κ1) is 12.8. The van der Waals surface area contributed by atoms with E-state index in [0.29, 0.717) is 29.3 Å². The van der Waals surface area contributed by atoms with Gasteiger partial charge in [-0.3, -0.25) is 9.59 Å². The summed E-state index contributed by atoms with van der Waals surface area (Å²) in [5, 5.41) is 0. The molecule has 96 valence electrons. The summed E-state index contributed by atoms with van der Waals surface area (Å²) in [6.45, 7) is 4.28. The van der Waals surface area contributed by atoms with Crippen molar-refractivity contribution >= 4 is 11.6 Å². The fraction of sp³-hybridized carbons (Fsp3) is 0.867. The predicted octanol–water partition coefficient (Wildman–Crippen LogP) is 3.39. The van der Waals surface area contributed by atoms with Gasteiger partial charge in [-0.05, 0) is 43.9 Å². The second-order valence-corrected chi connectivity index (χ2v) is 6.18. The van der Waals surface area contributed by atoms with Crippen molar-refractivity contribution in [2.24, 2.45) is 23.7 Å². The molecule has 0 bridgehead atoms. The molecule has 0 aromatic rings. The van der Waals surface area contributed by atoms with Gasteiger partial charge in [0.25, 0.3) is 0 Å². The number of carbonyl (C=O) groups is 2. The van der Waals surface area contributed by atoms with E-state index in [1.807, 2.05) is 6.92 Å². The lowest BCUT2D eigenvalue weighted by atomic mass is 9.73. The van der Waals surface area contributed by atoms with E-state index in [4.69, 9.17) is 0 Å². The van der Waals surface area contributed by atoms with Crippen molar-refractivity contribution in [1.82, 2.24) is 0 Å². The average molecular weight is 236 g/mol. The Hall–Kier alpha value is -0.660. The van der Waals surface area contributed by atoms with Gasteiger partial charge in [-0.15, -0.1) is 0 Å². The van der Waals surface area contributed by atoms with Crippen LogP contribution in [0.15, 0.2) is 0 Å². The van der Waals surface area contributed by atoms with E-state index < -0.39 is 0 Å². The molecular weight excluding hydrogens is 212 g/mol. The molecule has 2 heteroatoms. The lowest BCUT2D eigenvalue weighted by Gasteiger charge is -2.30. The molecule has 2 aliphatic carbocycles. The highest BCUT2D eigenvalue weighted by atomic mass is 16.1. The molecule has 0 aromatic carbocycles. The molecule has 2 nitrogen and oxygen atoms in total. The Kier molecular flexibility index (Phi) is 4.01. The average Bonchev–Trinajstić information content (AvgIpc) is 2.68. The van der Waals surface area contributed by atoms with E-state index in [0.717, 1.165) is 38.5 Å². The van der Waals surface area contributed by atoms with Crippen LogP contribution in [0.4, 0.5) is 0 Å². The van der Waals surface area contributed by atoms with Gasteiger partial charge in [0.05, 0.1) is 0 Å². The van der Waals surface area contributed by atoms with Crippen LogP contribution in [0.3, 0.4) is 0 Å². The largest absolute Gasteiger partial charge is 0.299 e. The van der Waals surface area contributed by atoms with Crippen LogP contribution in [0.5, 0.6) is 0 Å². The van der Waals surface area contributed by atoms with E-state index in [2.05, 4.69) is 6.92 Å². The maximum Gasteiger partial charge on any atom is 0.135 e. The third-order valence-electron chi connectivity index (χ3n) is 4.88. The molecule has 0 aliphatic heterocycles. The van der Waals surface area contributed by atoms with Gasteiger partial charge in [-0.1, -0.05) is 13.8 Å². The van der Waals surface area contributed by atoms with Crippen LogP contribution in [-0.4, -0.2) is 11.6 Å². The highest BCUT2D eigenvalue weighted by molar-refractivity contribution is 5.83. The van der Waals surface area contributed by atoms with Gasteiger partial charge < -0.3 is 0 Å². The molecule has 2 rings (SSSR count). The topological polar surface area (TPSA) is 34.1 Å². The van der Waals surface area contributed by atoms with Gasteiger partial charge in [-0.25, -0.2) is 0 Å². The third-order valence-corrected chi connectivity index (χ3v) is 4.88. The molecule has 0 heterocycles. The highest BCUT2D eigenvalue weighted by Crippen LogP contribution is 2.36. The molecule has 0 radical (unpaired) electrons. The molecule has 0 aromatic heterocycles. The van der Waals surface area contributed by atoms with Gasteiger partial charge in [0.15, 0.2) is 0 Å². The number of carbonyl (C=O) groups excluding carboxylic acids is 2. The van der Waals surface area contributed by atoms with Crippen molar-refractivity contribution in [3.05, 3.63) is 0 Å². The number of hydrogen-bond acceptors (Lipinski definition) is 2. The molecule has 0 N–H and O–H groups in total. The van der Waals surface area contributed by atoms with E-state index in [-0.39, 0.29) is 5.92 Å². The van der Waals surface area contributed by atoms with Crippen LogP contribution >= 0.6 is 0 Å². The number of ketones is 2. The molecule has 0 saturated heterocycles. The van der Waals surface area contributed by atoms with Crippen LogP contribution in [-0.2, 0) is 9.59 Å². The first-order chi connectivity index (χ1) is 8.08. The summed E-state index contributed by atoms with van der Waals surface area (Å²) in [7, 11) is 0. The molecule has 17 heavy (non-hydrogen) atoms. The van der Waals surface area contributed by atoms with Crippen molar-refractivity contribution in [3.8, 4) is 0 Å². The molecule has 2 saturated carbocycles. The first-order valence-electron chi connectivity index (χ1n) is 7.13. The second kappa shape index (κ2) is 5.32. The smallest absolute Gasteiger partial charge is 0.135 e. The number of rotatable bonds is 3. The fourth-order valence-corrected chi connectivity index (χ4v) is 3.45. The molecule has 4 unspecified atom stereocenters. The summed E-state index contributed by atoms with van der Waals surface area (Å²) in [6.07, 6.45) is 6.95. The Bertz CT molecular complexity index is 308. The van der Waals surface area contributed by atoms with Crippen molar-refractivity contribution in [3.63, 3.8) is 0 Å². The van der Waals surface area contributed by atoms with Crippen molar-refractivity contribution in [1.29, 1.82) is 0 Å². The van der Waals surface area contributed by atoms with Gasteiger partial charge in [0.1, 0.15) is 11.6 Å². The zero-order chi connectivity index (χ0) is 12.4. The predicted molar refractivity (Wildman–Crippen MR) is 67.6 cm³/mol. The van der Waals surface area contributed by atoms with Crippen molar-refractivity contribution in [2.75, 3.05) is 0 Å². The van der Waals surface area contributed by atoms with E-state index >= 15 is 0 Å². The van der Waals surface area contributed by atoms with Crippen LogP contribution in [0, 0.1) is 23.7 Å². The standard InChI is InChI=1S/C15H24O2/c1-10-6-7-12(9-15(10)17)11(2)8-13-4-3-5-14(13)16/h10-13H,3-9H2,1-2H3. The van der Waals surface area contributed by atoms with Gasteiger partial charge in [-0.2, -0.15) is 0 Å². The maximum absolute atomic E-state index is 11.7. The minimum absolute atomic E-state index is 0.270. The summed E-state index contributed by atoms with van der Waals surface area (Å²) in [5.74, 6) is 2.55. The van der Waals surface area contributed by atoms with Crippen molar-refractivity contribution < 1.29 is 9.59 Å². The Balaban J connectivity index is 1.85. The first-order valence-corrected chi connectivity index (χ1v) is 7.13. The normalized spacial score (nSPS) is 36.2. The van der Waals surface area contributed by atoms with E-state index in [1.165, 1.54) is 6.42 Å². The van der Waals surface area contributed by atoms with Crippen LogP contribution in [0.1, 0.15) is 58.8 Å². The summed E-state index contributed by atoms with van der Waals surface area (Å²) >= 11 is 0. The van der Waals surface area contributed by atoms with E-state index in [1.54, 1.807) is 0 Å². The van der Waals surface area contributed by atoms with Gasteiger partial charge >= 0.3 is 0 Å². The van der Waals surface area contributed by atoms with Gasteiger partial charge in [0.2, 0.25) is 0 Å². The third kappa shape index (κ3) is 2.97. The maximum atomic E-state index is 11.7. The Labute approximate surface area is 104 Å². The monoisotopic (exact) mass is 236 g/mol. The highest BCUT2D eigenvalue weighted by Gasteiger charge is 2.32. The Morgan fingerprint density at radius 1 is 1.18 bits per heavy atom. The van der Waals surface area contributed by atoms with Crippen LogP contribution < -0.4 is 0 Å². The van der Waals surface area contributed by atoms with Gasteiger partial charge in [0, 0.05) is 24.7 Å². The fourth-order valence-electron chi connectivity index (χ4n) is 3.45. The van der Waals surface area contributed by atoms with Crippen molar-refractivity contribution in [2.45, 2.75) is 58.8 Å². The second-order valence-electron chi connectivity index (χ2n) is 6.18. The summed E-state index contributed by atoms with van der Waals surface area (Å²) < 4.78 is 0. The lowest BCUT2D eigenvalue weighted by molar-refractivity contribution is -0.126. The molecule has 2 fully saturated rings. The lowest BCUT2D eigenvalue weighted by Crippen LogP contribution is -2.28. The summed E-state index contributed by atoms with van der Waals surface area (Å²) in [4.78, 5) is 23.4. The Morgan fingerprint density at radius 3 is 2.53 bits per heavy atom. The quantitative estimate of drug-likeness (QED) is 0.752. The SMILES string of the molecule is CC1CCC(C(C)CC2CCCC2=O)CC1=O. The zero-order valence-corrected chi connectivity index (χ0v) is 11.1. The zero-order valence-electron chi connectivity index (χ0n) is 11.1. The number of hydrogen-bond donors (Lipinski definition) is 0. The van der Waals surface area contributed by atoms with Crippen LogP contribution in [0.2, 0.25) is 0 Å². The van der Waals surface area contributed by atoms with E-state index in [9.17, 15) is 9.59 Å². The summed E-state index contributed by atoms with van der Waals surface area (Å²) in [6, 6.07) is 0. The molecule has 4 atom stereocenters. The Morgan fingerprint density at radius 2 is 1.94 bits per heavy atom. The minimum Gasteiger partial charge on any atom is -0.299 e. The molecule has 2 aliphatic rings. The summed E-state index contributed by atoms with van der Waals surface area (Å²) in [5.41, 5.74) is 0.